The van der Waals surface area contributed by atoms with Crippen LogP contribution < -0.4 is 15.0 Å². The van der Waals surface area contributed by atoms with Crippen LogP contribution in [0.2, 0.25) is 0 Å². The highest BCUT2D eigenvalue weighted by Crippen LogP contribution is 2.66. The van der Waals surface area contributed by atoms with Crippen molar-refractivity contribution in [2.24, 2.45) is 5.92 Å². The summed E-state index contributed by atoms with van der Waals surface area (Å²) < 4.78 is 19.4. The molecule has 1 aromatic heterocycles. The molecule has 2 saturated heterocycles. The Morgan fingerprint density at radius 1 is 0.818 bits per heavy atom. The van der Waals surface area contributed by atoms with Crippen LogP contribution in [0.4, 0.5) is 21.3 Å². The van der Waals surface area contributed by atoms with Gasteiger partial charge in [-0.25, -0.2) is 14.7 Å². The maximum atomic E-state index is 16.3. The van der Waals surface area contributed by atoms with Crippen LogP contribution in [0.3, 0.4) is 0 Å². The molecule has 10 rings (SSSR count). The number of imide groups is 1. The molecular formula is C50H39N5O10S. The minimum Gasteiger partial charge on any atom is -0.491 e. The summed E-state index contributed by atoms with van der Waals surface area (Å²) in [5.74, 6) is -3.69. The average molecular weight is 902 g/mol. The van der Waals surface area contributed by atoms with Crippen LogP contribution in [-0.4, -0.2) is 63.0 Å². The Labute approximate surface area is 380 Å². The summed E-state index contributed by atoms with van der Waals surface area (Å²) in [6.07, 6.45) is -2.03. The zero-order valence-corrected chi connectivity index (χ0v) is 35.7. The van der Waals surface area contributed by atoms with Gasteiger partial charge in [0.1, 0.15) is 36.5 Å². The molecule has 15 nitrogen and oxygen atoms in total. The third-order valence-electron chi connectivity index (χ3n) is 12.4. The standard InChI is InChI=1S/C50H39N5O10S/c56-27-28-63-38-21-11-7-17-34(38)44-50(35-18-8-10-20-37(35)53(47(50)59)49(60)64-29-30-23-25-33(26-24-30)55(61)62)40(45(57)52-48-51-36-19-9-12-22-39(36)66-48)42-46(58)65-43(32-15-5-2-6-16-32)41(54(42)44)31-13-3-1-4-14-31/h1-26,40-44,56H,27-29H2,(H,51,52,57)/t40-,41-,42-,43+,44+,50-/m0/s1. The van der Waals surface area contributed by atoms with Crippen molar-refractivity contribution in [3.63, 3.8) is 0 Å². The SMILES string of the molecule is O=C1O[C@H](c2ccccc2)[C@H](c2ccccc2)N2[C@H]1[C@@H](C(=O)Nc1nc3ccccc3s1)[C@]1(C(=O)N(C(=O)OCc3ccc([N+](=O)[O-])cc3)c3ccccc31)[C@H]2c1ccccc1OCCO. The summed E-state index contributed by atoms with van der Waals surface area (Å²) in [5.41, 5.74) is 0.960. The maximum absolute atomic E-state index is 16.3. The zero-order valence-electron chi connectivity index (χ0n) is 34.8. The number of nitrogens with zero attached hydrogens (tertiary/aromatic N) is 4. The first-order valence-corrected chi connectivity index (χ1v) is 21.9. The summed E-state index contributed by atoms with van der Waals surface area (Å²) in [4.78, 5) is 80.2. The van der Waals surface area contributed by atoms with Gasteiger partial charge in [-0.2, -0.15) is 0 Å². The van der Waals surface area contributed by atoms with Crippen LogP contribution in [0.15, 0.2) is 158 Å². The second-order valence-electron chi connectivity index (χ2n) is 16.0. The first-order chi connectivity index (χ1) is 32.2. The van der Waals surface area contributed by atoms with E-state index < -0.39 is 64.4 Å². The van der Waals surface area contributed by atoms with Crippen LogP contribution in [0, 0.1) is 16.0 Å². The molecule has 6 atom stereocenters. The number of carbonyl (C=O) groups excluding carboxylic acids is 4. The Kier molecular flexibility index (Phi) is 11.1. The third kappa shape index (κ3) is 7.02. The van der Waals surface area contributed by atoms with Crippen molar-refractivity contribution in [3.05, 3.63) is 196 Å². The van der Waals surface area contributed by atoms with Gasteiger partial charge in [0.25, 0.3) is 5.69 Å². The van der Waals surface area contributed by atoms with E-state index in [1.165, 1.54) is 35.6 Å². The van der Waals surface area contributed by atoms with Gasteiger partial charge in [0.05, 0.1) is 45.4 Å². The number of benzene rings is 6. The van der Waals surface area contributed by atoms with E-state index in [1.807, 2.05) is 89.8 Å². The number of anilines is 2. The molecule has 4 heterocycles. The highest BCUT2D eigenvalue weighted by Gasteiger charge is 2.76. The Hall–Kier alpha value is -7.79. The van der Waals surface area contributed by atoms with Crippen molar-refractivity contribution in [2.75, 3.05) is 23.4 Å². The summed E-state index contributed by atoms with van der Waals surface area (Å²) in [7, 11) is 0. The molecule has 2 fully saturated rings. The summed E-state index contributed by atoms with van der Waals surface area (Å²) in [6.45, 7) is -0.812. The fourth-order valence-corrected chi connectivity index (χ4v) is 10.7. The average Bonchev–Trinajstić information content (AvgIpc) is 3.99. The third-order valence-corrected chi connectivity index (χ3v) is 13.4. The molecule has 7 aromatic rings. The Balaban J connectivity index is 1.21. The molecule has 1 spiro atoms. The number of thiazole rings is 1. The van der Waals surface area contributed by atoms with E-state index >= 15 is 14.4 Å². The number of nitro groups is 1. The van der Waals surface area contributed by atoms with E-state index in [0.29, 0.717) is 27.8 Å². The summed E-state index contributed by atoms with van der Waals surface area (Å²) in [6, 6.07) is 41.4. The molecule has 3 aliphatic rings. The first kappa shape index (κ1) is 42.2. The number of fused-ring (bicyclic) bond motifs is 4. The number of cyclic esters (lactones) is 1. The largest absolute Gasteiger partial charge is 0.491 e. The lowest BCUT2D eigenvalue weighted by atomic mass is 9.65. The Morgan fingerprint density at radius 2 is 1.48 bits per heavy atom. The van der Waals surface area contributed by atoms with Crippen molar-refractivity contribution in [2.45, 2.75) is 36.3 Å². The van der Waals surface area contributed by atoms with Crippen molar-refractivity contribution < 1.29 is 43.4 Å². The van der Waals surface area contributed by atoms with Gasteiger partial charge < -0.3 is 24.6 Å². The molecule has 0 unspecified atom stereocenters. The minimum atomic E-state index is -2.09. The monoisotopic (exact) mass is 901 g/mol. The number of aromatic nitrogens is 1. The number of hydrogen-bond acceptors (Lipinski definition) is 13. The van der Waals surface area contributed by atoms with Crippen molar-refractivity contribution >= 4 is 61.9 Å². The van der Waals surface area contributed by atoms with E-state index in [0.717, 1.165) is 9.60 Å². The fourth-order valence-electron chi connectivity index (χ4n) is 9.84. The number of nitro benzene ring substituents is 1. The number of non-ortho nitro benzene ring substituents is 1. The molecule has 0 aliphatic carbocycles. The van der Waals surface area contributed by atoms with Gasteiger partial charge in [0.15, 0.2) is 5.13 Å². The number of para-hydroxylation sites is 3. The molecular weight excluding hydrogens is 863 g/mol. The van der Waals surface area contributed by atoms with E-state index in [9.17, 15) is 20.0 Å². The van der Waals surface area contributed by atoms with Crippen molar-refractivity contribution in [1.82, 2.24) is 9.88 Å². The number of carbonyl (C=O) groups is 4. The number of aliphatic hydroxyl groups is 1. The predicted octanol–water partition coefficient (Wildman–Crippen LogP) is 8.22. The molecule has 0 radical (unpaired) electrons. The van der Waals surface area contributed by atoms with Crippen LogP contribution in [-0.2, 0) is 35.9 Å². The molecule has 0 saturated carbocycles. The molecule has 3 aliphatic heterocycles. The number of rotatable bonds is 11. The predicted molar refractivity (Wildman–Crippen MR) is 242 cm³/mol. The lowest BCUT2D eigenvalue weighted by molar-refractivity contribution is -0.384. The fraction of sp³-hybridized carbons (Fsp3) is 0.180. The number of ether oxygens (including phenoxy) is 3. The van der Waals surface area contributed by atoms with Crippen LogP contribution in [0.25, 0.3) is 10.2 Å². The van der Waals surface area contributed by atoms with E-state index in [1.54, 1.807) is 48.5 Å². The summed E-state index contributed by atoms with van der Waals surface area (Å²) in [5, 5.41) is 24.6. The number of aliphatic hydroxyl groups excluding tert-OH is 1. The van der Waals surface area contributed by atoms with Gasteiger partial charge in [-0.15, -0.1) is 0 Å². The Bertz CT molecular complexity index is 2970. The smallest absolute Gasteiger partial charge is 0.421 e. The quantitative estimate of drug-likeness (QED) is 0.0720. The number of nitrogens with one attached hydrogen (secondary N) is 1. The van der Waals surface area contributed by atoms with Gasteiger partial charge in [-0.05, 0) is 58.7 Å². The highest BCUT2D eigenvalue weighted by atomic mass is 32.1. The molecule has 6 aromatic carbocycles. The lowest BCUT2D eigenvalue weighted by Crippen LogP contribution is -2.54. The molecule has 66 heavy (non-hydrogen) atoms. The topological polar surface area (TPSA) is 191 Å². The lowest BCUT2D eigenvalue weighted by Gasteiger charge is -2.46. The number of hydrogen-bond donors (Lipinski definition) is 2. The normalized spacial score (nSPS) is 22.1. The van der Waals surface area contributed by atoms with Crippen LogP contribution in [0.5, 0.6) is 5.75 Å². The van der Waals surface area contributed by atoms with Crippen molar-refractivity contribution in [1.29, 1.82) is 0 Å². The summed E-state index contributed by atoms with van der Waals surface area (Å²) >= 11 is 1.22. The number of amides is 3. The van der Waals surface area contributed by atoms with Gasteiger partial charge in [-0.3, -0.25) is 29.4 Å². The number of esters is 1. The zero-order chi connectivity index (χ0) is 45.5. The minimum absolute atomic E-state index is 0.121. The van der Waals surface area contributed by atoms with Crippen LogP contribution in [0.1, 0.15) is 46.0 Å². The second kappa shape index (κ2) is 17.3. The van der Waals surface area contributed by atoms with Crippen LogP contribution >= 0.6 is 11.3 Å². The maximum Gasteiger partial charge on any atom is 0.421 e. The number of morpholine rings is 1. The second-order valence-corrected chi connectivity index (χ2v) is 17.0. The van der Waals surface area contributed by atoms with Crippen molar-refractivity contribution in [3.8, 4) is 5.75 Å². The Morgan fingerprint density at radius 3 is 2.21 bits per heavy atom. The molecule has 0 bridgehead atoms. The van der Waals surface area contributed by atoms with E-state index in [-0.39, 0.29) is 47.6 Å². The molecule has 3 amide bonds. The molecule has 2 N–H and O–H groups in total. The van der Waals surface area contributed by atoms with Gasteiger partial charge in [-0.1, -0.05) is 121 Å². The molecule has 16 heteroatoms. The van der Waals surface area contributed by atoms with E-state index in [2.05, 4.69) is 10.3 Å². The highest BCUT2D eigenvalue weighted by molar-refractivity contribution is 7.22. The van der Waals surface area contributed by atoms with Gasteiger partial charge in [0, 0.05) is 17.7 Å². The van der Waals surface area contributed by atoms with E-state index in [4.69, 9.17) is 14.2 Å². The first-order valence-electron chi connectivity index (χ1n) is 21.1. The van der Waals surface area contributed by atoms with Gasteiger partial charge in [0.2, 0.25) is 11.8 Å². The molecule has 330 valence electrons. The van der Waals surface area contributed by atoms with Gasteiger partial charge >= 0.3 is 12.1 Å².